The number of rotatable bonds is 3. The quantitative estimate of drug-likeness (QED) is 0.172. The third-order valence-corrected chi connectivity index (χ3v) is 12.6. The summed E-state index contributed by atoms with van der Waals surface area (Å²) in [5.41, 5.74) is 12.3. The summed E-state index contributed by atoms with van der Waals surface area (Å²) in [6.07, 6.45) is 0. The molecule has 0 saturated heterocycles. The maximum atomic E-state index is 6.47. The van der Waals surface area contributed by atoms with E-state index in [1.165, 1.54) is 69.3 Å². The summed E-state index contributed by atoms with van der Waals surface area (Å²) in [5, 5.41) is 9.86. The fraction of sp³-hybridized carbons (Fsp3) is 0. The van der Waals surface area contributed by atoms with Crippen molar-refractivity contribution in [3.63, 3.8) is 0 Å². The van der Waals surface area contributed by atoms with Crippen molar-refractivity contribution in [2.45, 2.75) is 0 Å². The van der Waals surface area contributed by atoms with Crippen LogP contribution in [-0.4, -0.2) is 8.80 Å². The Labute approximate surface area is 305 Å². The maximum absolute atomic E-state index is 6.47. The number of hydrogen-bond donors (Lipinski definition) is 0. The molecule has 0 radical (unpaired) electrons. The first-order valence-electron chi connectivity index (χ1n) is 18.0. The molecule has 0 N–H and O–H groups in total. The highest BCUT2D eigenvalue weighted by Crippen LogP contribution is 2.47. The van der Waals surface area contributed by atoms with E-state index in [1.54, 1.807) is 0 Å². The molecule has 5 aromatic heterocycles. The van der Waals surface area contributed by atoms with Crippen LogP contribution in [0.4, 0.5) is 17.1 Å². The number of hydrogen-bond acceptors (Lipinski definition) is 3. The van der Waals surface area contributed by atoms with E-state index in [9.17, 15) is 0 Å². The molecule has 0 unspecified atom stereocenters. The number of nitrogens with zero attached hydrogens (tertiary/aromatic N) is 3. The average Bonchev–Trinajstić information content (AvgIpc) is 3.96. The molecule has 0 amide bonds. The molecule has 0 fully saturated rings. The van der Waals surface area contributed by atoms with Crippen LogP contribution in [0.3, 0.4) is 0 Å². The molecule has 5 heterocycles. The minimum atomic E-state index is 0.877. The van der Waals surface area contributed by atoms with Gasteiger partial charge in [0, 0.05) is 58.5 Å². The summed E-state index contributed by atoms with van der Waals surface area (Å²) in [4.78, 5) is 2.43. The fourth-order valence-corrected chi connectivity index (χ4v) is 10.3. The number of aromatic nitrogens is 2. The van der Waals surface area contributed by atoms with Crippen LogP contribution in [0.15, 0.2) is 168 Å². The standard InChI is InChI=1S/C48H27N3OS/c1-5-14-37-30(10-1)33-22-23-34-31-11-2-6-15-38(31)51-41-27-29(20-24-39(41)50(37)47(33)48(34)51)49(28-21-25-45-36(26-28)32-12-4-8-19-44(32)53-45)40-16-9-18-43-46(40)35-13-3-7-17-42(35)52-43/h1-27H. The van der Waals surface area contributed by atoms with Gasteiger partial charge in [0.2, 0.25) is 0 Å². The van der Waals surface area contributed by atoms with Gasteiger partial charge in [-0.3, -0.25) is 0 Å². The number of anilines is 3. The summed E-state index contributed by atoms with van der Waals surface area (Å²) in [6.45, 7) is 0. The second-order valence-electron chi connectivity index (χ2n) is 14.1. The van der Waals surface area contributed by atoms with Crippen LogP contribution in [0.25, 0.3) is 96.8 Å². The van der Waals surface area contributed by atoms with Gasteiger partial charge in [-0.25, -0.2) is 0 Å². The van der Waals surface area contributed by atoms with Gasteiger partial charge in [-0.05, 0) is 72.8 Å². The van der Waals surface area contributed by atoms with Crippen LogP contribution in [-0.2, 0) is 0 Å². The smallest absolute Gasteiger partial charge is 0.137 e. The highest BCUT2D eigenvalue weighted by atomic mass is 32.1. The maximum Gasteiger partial charge on any atom is 0.137 e. The van der Waals surface area contributed by atoms with E-state index in [4.69, 9.17) is 4.42 Å². The van der Waals surface area contributed by atoms with Crippen molar-refractivity contribution < 1.29 is 4.42 Å². The predicted molar refractivity (Wildman–Crippen MR) is 224 cm³/mol. The Morgan fingerprint density at radius 1 is 0.396 bits per heavy atom. The summed E-state index contributed by atoms with van der Waals surface area (Å²) in [5.74, 6) is 0. The molecule has 0 aliphatic rings. The van der Waals surface area contributed by atoms with E-state index in [1.807, 2.05) is 17.4 Å². The zero-order chi connectivity index (χ0) is 34.4. The summed E-state index contributed by atoms with van der Waals surface area (Å²) in [7, 11) is 0. The molecule has 0 aliphatic carbocycles. The minimum absolute atomic E-state index is 0.877. The Kier molecular flexibility index (Phi) is 5.22. The summed E-state index contributed by atoms with van der Waals surface area (Å²) in [6, 6.07) is 59.8. The number of furan rings is 1. The van der Waals surface area contributed by atoms with Gasteiger partial charge in [-0.1, -0.05) is 91.0 Å². The molecule has 246 valence electrons. The van der Waals surface area contributed by atoms with Crippen molar-refractivity contribution in [3.8, 4) is 0 Å². The number of thiophene rings is 1. The molecule has 5 heteroatoms. The second kappa shape index (κ2) is 9.94. The van der Waals surface area contributed by atoms with Gasteiger partial charge in [0.25, 0.3) is 0 Å². The van der Waals surface area contributed by atoms with Crippen LogP contribution in [0.2, 0.25) is 0 Å². The molecule has 0 atom stereocenters. The lowest BCUT2D eigenvalue weighted by atomic mass is 10.1. The zero-order valence-corrected chi connectivity index (χ0v) is 29.1. The van der Waals surface area contributed by atoms with E-state index in [2.05, 4.69) is 171 Å². The SMILES string of the molecule is c1ccc2c(c1)oc1cccc(N(c3ccc4sc5ccccc5c4c3)c3ccc4c(c3)n3c5ccccc5c5ccc6c7ccccc7n4c6c53)c12. The van der Waals surface area contributed by atoms with Gasteiger partial charge in [0.1, 0.15) is 11.2 Å². The molecule has 13 aromatic rings. The average molecular weight is 694 g/mol. The van der Waals surface area contributed by atoms with E-state index in [0.29, 0.717) is 0 Å². The summed E-state index contributed by atoms with van der Waals surface area (Å²) >= 11 is 1.85. The van der Waals surface area contributed by atoms with Gasteiger partial charge < -0.3 is 18.1 Å². The highest BCUT2D eigenvalue weighted by Gasteiger charge is 2.24. The number of benzene rings is 8. The fourth-order valence-electron chi connectivity index (χ4n) is 9.24. The van der Waals surface area contributed by atoms with E-state index < -0.39 is 0 Å². The zero-order valence-electron chi connectivity index (χ0n) is 28.2. The summed E-state index contributed by atoms with van der Waals surface area (Å²) < 4.78 is 14.1. The predicted octanol–water partition coefficient (Wildman–Crippen LogP) is 14.0. The molecule has 4 nitrogen and oxygen atoms in total. The van der Waals surface area contributed by atoms with Crippen molar-refractivity contribution >= 4 is 125 Å². The normalized spacial score (nSPS) is 12.5. The van der Waals surface area contributed by atoms with Crippen molar-refractivity contribution in [3.05, 3.63) is 164 Å². The highest BCUT2D eigenvalue weighted by molar-refractivity contribution is 7.25. The third-order valence-electron chi connectivity index (χ3n) is 11.4. The Balaban J connectivity index is 1.19. The lowest BCUT2D eigenvalue weighted by molar-refractivity contribution is 0.669. The molecule has 0 saturated carbocycles. The van der Waals surface area contributed by atoms with E-state index in [-0.39, 0.29) is 0 Å². The van der Waals surface area contributed by atoms with E-state index >= 15 is 0 Å². The first-order chi connectivity index (χ1) is 26.3. The van der Waals surface area contributed by atoms with Gasteiger partial charge in [-0.15, -0.1) is 11.3 Å². The molecular weight excluding hydrogens is 667 g/mol. The van der Waals surface area contributed by atoms with Crippen LogP contribution >= 0.6 is 11.3 Å². The van der Waals surface area contributed by atoms with Gasteiger partial charge >= 0.3 is 0 Å². The van der Waals surface area contributed by atoms with Gasteiger partial charge in [0.05, 0.1) is 44.2 Å². The first kappa shape index (κ1) is 27.8. The van der Waals surface area contributed by atoms with Crippen LogP contribution in [0.1, 0.15) is 0 Å². The van der Waals surface area contributed by atoms with Crippen molar-refractivity contribution in [1.82, 2.24) is 8.80 Å². The molecule has 53 heavy (non-hydrogen) atoms. The van der Waals surface area contributed by atoms with Crippen LogP contribution < -0.4 is 4.90 Å². The largest absolute Gasteiger partial charge is 0.456 e. The molecule has 8 aromatic carbocycles. The van der Waals surface area contributed by atoms with Gasteiger partial charge in [0.15, 0.2) is 0 Å². The van der Waals surface area contributed by atoms with Crippen molar-refractivity contribution in [2.75, 3.05) is 4.90 Å². The van der Waals surface area contributed by atoms with Crippen LogP contribution in [0.5, 0.6) is 0 Å². The first-order valence-corrected chi connectivity index (χ1v) is 18.8. The Morgan fingerprint density at radius 2 is 1.00 bits per heavy atom. The van der Waals surface area contributed by atoms with Crippen molar-refractivity contribution in [1.29, 1.82) is 0 Å². The molecular formula is C48H27N3OS. The molecule has 13 rings (SSSR count). The Bertz CT molecular complexity index is 3650. The lowest BCUT2D eigenvalue weighted by Gasteiger charge is -2.27. The third kappa shape index (κ3) is 3.54. The molecule has 0 bridgehead atoms. The van der Waals surface area contributed by atoms with Crippen LogP contribution in [0, 0.1) is 0 Å². The monoisotopic (exact) mass is 693 g/mol. The number of para-hydroxylation sites is 3. The van der Waals surface area contributed by atoms with Crippen molar-refractivity contribution in [2.24, 2.45) is 0 Å². The van der Waals surface area contributed by atoms with Gasteiger partial charge in [-0.2, -0.15) is 0 Å². The number of fused-ring (bicyclic) bond motifs is 15. The molecule has 0 aliphatic heterocycles. The Morgan fingerprint density at radius 3 is 1.79 bits per heavy atom. The Hall–Kier alpha value is -6.82. The second-order valence-corrected chi connectivity index (χ2v) is 15.2. The topological polar surface area (TPSA) is 25.2 Å². The molecule has 0 spiro atoms. The minimum Gasteiger partial charge on any atom is -0.456 e. The lowest BCUT2D eigenvalue weighted by Crippen LogP contribution is -2.11. The van der Waals surface area contributed by atoms with E-state index in [0.717, 1.165) is 44.5 Å².